The van der Waals surface area contributed by atoms with Gasteiger partial charge in [-0.15, -0.1) is 0 Å². The number of aromatic hydroxyl groups is 1. The molecule has 0 aliphatic carbocycles. The molecule has 2 aromatic rings. The highest BCUT2D eigenvalue weighted by Crippen LogP contribution is 2.39. The molecule has 0 atom stereocenters. The second-order valence-corrected chi connectivity index (χ2v) is 7.60. The number of rotatable bonds is 3. The Hall–Kier alpha value is -2.68. The maximum Gasteiger partial charge on any atom is 0.215 e. The van der Waals surface area contributed by atoms with Crippen LogP contribution in [0.25, 0.3) is 6.08 Å². The lowest BCUT2D eigenvalue weighted by molar-refractivity contribution is -0.401. The average Bonchev–Trinajstić information content (AvgIpc) is 2.80. The second kappa shape index (κ2) is 8.14. The summed E-state index contributed by atoms with van der Waals surface area (Å²) in [6.07, 6.45) is 4.02. The molecule has 0 bridgehead atoms. The summed E-state index contributed by atoms with van der Waals surface area (Å²) < 4.78 is 40.2. The number of benzene rings is 2. The van der Waals surface area contributed by atoms with Crippen LogP contribution in [0.4, 0.5) is 5.69 Å². The Morgan fingerprint density at radius 1 is 1.11 bits per heavy atom. The molecule has 0 aromatic heterocycles. The first-order valence-electron chi connectivity index (χ1n) is 8.40. The highest BCUT2D eigenvalue weighted by Gasteiger charge is 2.42. The first-order valence-corrected chi connectivity index (χ1v) is 9.76. The smallest absolute Gasteiger partial charge is 0.215 e. The van der Waals surface area contributed by atoms with Gasteiger partial charge in [-0.2, -0.15) is 4.58 Å². The first kappa shape index (κ1) is 21.6. The molecule has 1 heterocycles. The quantitative estimate of drug-likeness (QED) is 0.461. The molecule has 2 N–H and O–H groups in total. The van der Waals surface area contributed by atoms with Crippen molar-refractivity contribution in [1.29, 1.82) is 0 Å². The Morgan fingerprint density at radius 2 is 1.71 bits per heavy atom. The van der Waals surface area contributed by atoms with Crippen molar-refractivity contribution < 1.29 is 31.9 Å². The number of phenolic OH excluding ortho intramolecular Hbond substituents is 1. The summed E-state index contributed by atoms with van der Waals surface area (Å²) >= 11 is 0. The number of phenols is 1. The third-order valence-electron chi connectivity index (χ3n) is 4.61. The van der Waals surface area contributed by atoms with Crippen LogP contribution < -0.4 is 4.74 Å². The molecule has 0 amide bonds. The summed E-state index contributed by atoms with van der Waals surface area (Å²) in [7, 11) is -1.28. The van der Waals surface area contributed by atoms with Crippen LogP contribution >= 0.6 is 0 Å². The lowest BCUT2D eigenvalue weighted by Gasteiger charge is -2.15. The summed E-state index contributed by atoms with van der Waals surface area (Å²) in [5.74, 6) is 0.655. The minimum absolute atomic E-state index is 0.0731. The van der Waals surface area contributed by atoms with Gasteiger partial charge in [-0.05, 0) is 26.0 Å². The molecule has 0 fully saturated rings. The van der Waals surface area contributed by atoms with E-state index in [-0.39, 0.29) is 11.2 Å². The number of allylic oxidation sites excluding steroid dienone is 1. The summed E-state index contributed by atoms with van der Waals surface area (Å²) in [5.41, 5.74) is 4.41. The van der Waals surface area contributed by atoms with Gasteiger partial charge in [-0.25, -0.2) is 8.42 Å². The van der Waals surface area contributed by atoms with Crippen molar-refractivity contribution in [2.75, 3.05) is 14.2 Å². The monoisotopic (exact) mass is 405 g/mol. The van der Waals surface area contributed by atoms with E-state index in [0.29, 0.717) is 5.75 Å². The lowest BCUT2D eigenvalue weighted by Crippen LogP contribution is -2.26. The van der Waals surface area contributed by atoms with E-state index in [9.17, 15) is 5.11 Å². The van der Waals surface area contributed by atoms with Crippen LogP contribution in [0.15, 0.2) is 48.5 Å². The van der Waals surface area contributed by atoms with E-state index >= 15 is 0 Å². The van der Waals surface area contributed by atoms with Crippen LogP contribution in [0.1, 0.15) is 25.0 Å². The predicted molar refractivity (Wildman–Crippen MR) is 106 cm³/mol. The molecule has 0 unspecified atom stereocenters. The van der Waals surface area contributed by atoms with E-state index < -0.39 is 10.4 Å². The van der Waals surface area contributed by atoms with Gasteiger partial charge in [0.05, 0.1) is 12.5 Å². The summed E-state index contributed by atoms with van der Waals surface area (Å²) in [4.78, 5) is 0. The van der Waals surface area contributed by atoms with Crippen molar-refractivity contribution in [2.45, 2.75) is 19.3 Å². The van der Waals surface area contributed by atoms with Gasteiger partial charge in [0.2, 0.25) is 16.1 Å². The zero-order valence-electron chi connectivity index (χ0n) is 16.1. The predicted octanol–water partition coefficient (Wildman–Crippen LogP) is 3.12. The van der Waals surface area contributed by atoms with E-state index in [4.69, 9.17) is 22.3 Å². The van der Waals surface area contributed by atoms with Crippen molar-refractivity contribution in [3.8, 4) is 11.5 Å². The maximum absolute atomic E-state index is 10.2. The highest BCUT2D eigenvalue weighted by molar-refractivity contribution is 7.79. The van der Waals surface area contributed by atoms with E-state index in [0.717, 1.165) is 5.56 Å². The molecular weight excluding hydrogens is 382 g/mol. The third-order valence-corrected chi connectivity index (χ3v) is 4.61. The summed E-state index contributed by atoms with van der Waals surface area (Å²) in [6, 6.07) is 14.0. The topological polar surface area (TPSA) is 110 Å². The van der Waals surface area contributed by atoms with E-state index in [1.54, 1.807) is 13.2 Å². The zero-order valence-corrected chi connectivity index (χ0v) is 16.9. The highest BCUT2D eigenvalue weighted by atomic mass is 32.3. The molecule has 28 heavy (non-hydrogen) atoms. The molecule has 150 valence electrons. The van der Waals surface area contributed by atoms with Crippen LogP contribution in [0.5, 0.6) is 11.5 Å². The fraction of sp³-hybridized carbons (Fsp3) is 0.250. The standard InChI is InChI=1S/C20H21NO2.H2O4S/c1-20(2)15-9-5-6-10-16(15)21(3)18(20)13-12-14-8-7-11-17(23-4)19(14)22;1-5(2,3)4/h5-13H,1-4H3;(H2,1,2,3,4). The zero-order chi connectivity index (χ0) is 21.1. The number of ether oxygens (including phenoxy) is 1. The lowest BCUT2D eigenvalue weighted by atomic mass is 9.81. The van der Waals surface area contributed by atoms with E-state index in [1.165, 1.54) is 17.0 Å². The number of para-hydroxylation sites is 2. The normalized spacial score (nSPS) is 15.2. The molecule has 1 aliphatic heterocycles. The number of hydrogen-bond donors (Lipinski definition) is 2. The molecule has 0 spiro atoms. The van der Waals surface area contributed by atoms with Gasteiger partial charge < -0.3 is 14.4 Å². The van der Waals surface area contributed by atoms with Gasteiger partial charge in [0.1, 0.15) is 7.05 Å². The minimum atomic E-state index is -4.92. The SMILES string of the molecule is COc1cccc(/C=C/C2=[N+](C)c3ccccc3C2(C)C)c1O.O=S(=O)([O-])O. The van der Waals surface area contributed by atoms with Crippen molar-refractivity contribution >= 4 is 27.9 Å². The Kier molecular flexibility index (Phi) is 6.28. The first-order chi connectivity index (χ1) is 13.0. The summed E-state index contributed by atoms with van der Waals surface area (Å²) in [5, 5.41) is 10.2. The third kappa shape index (κ3) is 4.78. The van der Waals surface area contributed by atoms with Crippen molar-refractivity contribution in [2.24, 2.45) is 0 Å². The molecule has 3 rings (SSSR count). The summed E-state index contributed by atoms with van der Waals surface area (Å²) in [6.45, 7) is 4.45. The van der Waals surface area contributed by atoms with Crippen molar-refractivity contribution in [3.05, 3.63) is 59.7 Å². The molecule has 1 aliphatic rings. The van der Waals surface area contributed by atoms with Crippen molar-refractivity contribution in [1.82, 2.24) is 0 Å². The van der Waals surface area contributed by atoms with Gasteiger partial charge in [0.25, 0.3) is 0 Å². The van der Waals surface area contributed by atoms with Gasteiger partial charge in [0, 0.05) is 23.3 Å². The Balaban J connectivity index is 0.000000500. The van der Waals surface area contributed by atoms with Crippen LogP contribution in [0.2, 0.25) is 0 Å². The second-order valence-electron chi connectivity index (χ2n) is 6.75. The Morgan fingerprint density at radius 3 is 2.29 bits per heavy atom. The minimum Gasteiger partial charge on any atom is -0.726 e. The molecular formula is C20H23NO6S. The van der Waals surface area contributed by atoms with Crippen LogP contribution in [-0.2, 0) is 15.8 Å². The van der Waals surface area contributed by atoms with Crippen LogP contribution in [0.3, 0.4) is 0 Å². The molecule has 2 aromatic carbocycles. The molecule has 7 nitrogen and oxygen atoms in total. The number of nitrogens with zero attached hydrogens (tertiary/aromatic N) is 1. The van der Waals surface area contributed by atoms with Gasteiger partial charge >= 0.3 is 0 Å². The van der Waals surface area contributed by atoms with Gasteiger partial charge in [-0.3, -0.25) is 4.55 Å². The van der Waals surface area contributed by atoms with Crippen LogP contribution in [0, 0.1) is 0 Å². The molecule has 0 saturated heterocycles. The number of hydrogen-bond acceptors (Lipinski definition) is 5. The van der Waals surface area contributed by atoms with Gasteiger partial charge in [-0.1, -0.05) is 30.3 Å². The molecule has 8 heteroatoms. The number of methoxy groups -OCH3 is 1. The Labute approximate surface area is 164 Å². The fourth-order valence-corrected chi connectivity index (χ4v) is 3.31. The van der Waals surface area contributed by atoms with Crippen LogP contribution in [-0.4, -0.2) is 47.1 Å². The van der Waals surface area contributed by atoms with E-state index in [1.807, 2.05) is 18.2 Å². The Bertz CT molecular complexity index is 1030. The molecule has 0 radical (unpaired) electrons. The number of fused-ring (bicyclic) bond motifs is 1. The van der Waals surface area contributed by atoms with Gasteiger partial charge in [0.15, 0.2) is 17.2 Å². The fourth-order valence-electron chi connectivity index (χ4n) is 3.31. The van der Waals surface area contributed by atoms with Crippen molar-refractivity contribution in [3.63, 3.8) is 0 Å². The molecule has 0 saturated carbocycles. The average molecular weight is 405 g/mol. The maximum atomic E-state index is 10.2. The largest absolute Gasteiger partial charge is 0.726 e. The van der Waals surface area contributed by atoms with E-state index in [2.05, 4.69) is 55.8 Å².